The third kappa shape index (κ3) is 5.47. The Bertz CT molecular complexity index is 2190. The topological polar surface area (TPSA) is 51.2 Å². The predicted molar refractivity (Wildman–Crippen MR) is 182 cm³/mol. The maximum Gasteiger partial charge on any atom is 0.195 e. The second-order valence-corrected chi connectivity index (χ2v) is 12.7. The van der Waals surface area contributed by atoms with Gasteiger partial charge in [0.25, 0.3) is 0 Å². The summed E-state index contributed by atoms with van der Waals surface area (Å²) in [6, 6.07) is 30.4. The van der Waals surface area contributed by atoms with Gasteiger partial charge in [-0.1, -0.05) is 88.4 Å². The summed E-state index contributed by atoms with van der Waals surface area (Å²) in [6.07, 6.45) is 4.08. The van der Waals surface area contributed by atoms with Crippen LogP contribution >= 0.6 is 11.3 Å². The van der Waals surface area contributed by atoms with Crippen molar-refractivity contribution in [1.82, 2.24) is 0 Å². The Balaban J connectivity index is 0.000000153. The maximum atomic E-state index is 12.8. The van der Waals surface area contributed by atoms with Crippen LogP contribution in [0.3, 0.4) is 0 Å². The number of carbonyl (C=O) groups is 2. The minimum absolute atomic E-state index is 0.125. The maximum absolute atomic E-state index is 12.8. The number of hydrogen-bond donors (Lipinski definition) is 0. The highest BCUT2D eigenvalue weighted by molar-refractivity contribution is 7.24. The van der Waals surface area contributed by atoms with E-state index in [0.717, 1.165) is 47.3 Å². The van der Waals surface area contributed by atoms with Gasteiger partial charge < -0.3 is 0 Å². The first-order chi connectivity index (χ1) is 20.7. The molecule has 0 bridgehead atoms. The Labute approximate surface area is 254 Å². The molecule has 0 radical (unpaired) electrons. The van der Waals surface area contributed by atoms with E-state index < -0.39 is 0 Å². The summed E-state index contributed by atoms with van der Waals surface area (Å²) in [6.45, 7) is 8.76. The molecule has 1 aliphatic carbocycles. The van der Waals surface area contributed by atoms with Crippen molar-refractivity contribution < 1.29 is 9.59 Å². The van der Waals surface area contributed by atoms with Gasteiger partial charge in [-0.05, 0) is 98.6 Å². The van der Waals surface area contributed by atoms with Crippen LogP contribution in [-0.2, 0) is 9.59 Å². The summed E-state index contributed by atoms with van der Waals surface area (Å²) in [5, 5.41) is 6.05. The van der Waals surface area contributed by atoms with Gasteiger partial charge in [-0.3, -0.25) is 14.4 Å². The van der Waals surface area contributed by atoms with Crippen LogP contribution in [0.15, 0.2) is 114 Å². The summed E-state index contributed by atoms with van der Waals surface area (Å²) in [4.78, 5) is 36.6. The molecule has 0 aliphatic heterocycles. The lowest BCUT2D eigenvalue weighted by Gasteiger charge is -2.15. The lowest BCUT2D eigenvalue weighted by molar-refractivity contribution is -0.113. The van der Waals surface area contributed by atoms with Crippen molar-refractivity contribution in [3.8, 4) is 0 Å². The summed E-state index contributed by atoms with van der Waals surface area (Å²) >= 11 is 1.74. The van der Waals surface area contributed by atoms with Gasteiger partial charge in [0.05, 0.1) is 0 Å². The zero-order chi connectivity index (χ0) is 30.2. The molecular weight excluding hydrogens is 548 g/mol. The van der Waals surface area contributed by atoms with Gasteiger partial charge in [0.15, 0.2) is 17.0 Å². The van der Waals surface area contributed by atoms with E-state index >= 15 is 0 Å². The van der Waals surface area contributed by atoms with E-state index in [9.17, 15) is 14.4 Å². The molecule has 0 fully saturated rings. The van der Waals surface area contributed by atoms with E-state index in [0.29, 0.717) is 17.4 Å². The molecule has 0 amide bonds. The average Bonchev–Trinajstić information content (AvgIpc) is 3.01. The molecule has 0 spiro atoms. The number of allylic oxidation sites excluding steroid dienone is 4. The van der Waals surface area contributed by atoms with Crippen LogP contribution in [0.1, 0.15) is 56.2 Å². The van der Waals surface area contributed by atoms with E-state index in [-0.39, 0.29) is 17.0 Å². The Kier molecular flexibility index (Phi) is 7.64. The third-order valence-electron chi connectivity index (χ3n) is 8.00. The molecule has 6 aromatic rings. The van der Waals surface area contributed by atoms with Crippen LogP contribution in [0.5, 0.6) is 0 Å². The van der Waals surface area contributed by atoms with Gasteiger partial charge in [0.1, 0.15) is 0 Å². The van der Waals surface area contributed by atoms with Crippen LogP contribution in [-0.4, -0.2) is 11.6 Å². The Morgan fingerprint density at radius 3 is 2.05 bits per heavy atom. The summed E-state index contributed by atoms with van der Waals surface area (Å²) in [5.41, 5.74) is 4.00. The average molecular weight is 581 g/mol. The first-order valence-corrected chi connectivity index (χ1v) is 15.4. The standard InChI is InChI=1S/C20H12O2.C19H20OS/c21-16-8-9-20(22)19(12-16)17-7-3-6-15-10-13-4-1-2-5-14(13)11-18(15)17;1-11(2)13-9-15(12(3)4)19-16(10-13)18(20)14-7-5-6-8-17(14)21-19/h1-12H;5-12H,1-4H3. The molecule has 43 heavy (non-hydrogen) atoms. The van der Waals surface area contributed by atoms with Crippen LogP contribution in [0.4, 0.5) is 0 Å². The minimum atomic E-state index is -0.146. The number of fused-ring (bicyclic) bond motifs is 4. The van der Waals surface area contributed by atoms with Crippen molar-refractivity contribution >= 4 is 70.2 Å². The fourth-order valence-electron chi connectivity index (χ4n) is 5.64. The van der Waals surface area contributed by atoms with E-state index in [1.165, 1.54) is 29.4 Å². The number of hydrogen-bond acceptors (Lipinski definition) is 4. The van der Waals surface area contributed by atoms with Crippen LogP contribution < -0.4 is 5.43 Å². The van der Waals surface area contributed by atoms with E-state index in [2.05, 4.69) is 58.0 Å². The van der Waals surface area contributed by atoms with Crippen molar-refractivity contribution in [1.29, 1.82) is 0 Å². The molecule has 7 rings (SSSR count). The molecule has 0 atom stereocenters. The fourth-order valence-corrected chi connectivity index (χ4v) is 6.95. The molecule has 1 aromatic heterocycles. The SMILES string of the molecule is CC(C)c1cc(C(C)C)c2sc3ccccc3c(=O)c2c1.O=C1C=CC(=O)C(c2cccc3cc4ccccc4cc23)=C1. The normalized spacial score (nSPS) is 13.3. The smallest absolute Gasteiger partial charge is 0.195 e. The van der Waals surface area contributed by atoms with Crippen molar-refractivity contribution in [3.63, 3.8) is 0 Å². The number of rotatable bonds is 3. The molecule has 3 nitrogen and oxygen atoms in total. The summed E-state index contributed by atoms with van der Waals surface area (Å²) in [7, 11) is 0. The van der Waals surface area contributed by atoms with E-state index in [1.54, 1.807) is 11.3 Å². The quantitative estimate of drug-likeness (QED) is 0.155. The summed E-state index contributed by atoms with van der Waals surface area (Å²) in [5.74, 6) is 0.582. The Hall–Kier alpha value is -4.67. The van der Waals surface area contributed by atoms with Gasteiger partial charge in [0, 0.05) is 25.7 Å². The lowest BCUT2D eigenvalue weighted by Crippen LogP contribution is -2.06. The molecule has 0 saturated carbocycles. The Morgan fingerprint density at radius 1 is 0.605 bits per heavy atom. The molecular formula is C39H32O3S. The lowest BCUT2D eigenvalue weighted by atomic mass is 9.91. The van der Waals surface area contributed by atoms with E-state index in [4.69, 9.17) is 0 Å². The highest BCUT2D eigenvalue weighted by Gasteiger charge is 2.18. The highest BCUT2D eigenvalue weighted by atomic mass is 32.1. The highest BCUT2D eigenvalue weighted by Crippen LogP contribution is 2.34. The first-order valence-electron chi connectivity index (χ1n) is 14.6. The van der Waals surface area contributed by atoms with Gasteiger partial charge >= 0.3 is 0 Å². The zero-order valence-electron chi connectivity index (χ0n) is 24.7. The fraction of sp³-hybridized carbons (Fsp3) is 0.154. The predicted octanol–water partition coefficient (Wildman–Crippen LogP) is 9.75. The van der Waals surface area contributed by atoms with Crippen molar-refractivity contribution in [2.45, 2.75) is 39.5 Å². The van der Waals surface area contributed by atoms with Crippen molar-refractivity contribution in [2.75, 3.05) is 0 Å². The first kappa shape index (κ1) is 28.4. The number of ketones is 2. The third-order valence-corrected chi connectivity index (χ3v) is 9.24. The second kappa shape index (κ2) is 11.5. The van der Waals surface area contributed by atoms with Gasteiger partial charge in [-0.25, -0.2) is 0 Å². The molecule has 1 heterocycles. The van der Waals surface area contributed by atoms with Gasteiger partial charge in [-0.2, -0.15) is 0 Å². The molecule has 0 N–H and O–H groups in total. The number of carbonyl (C=O) groups excluding carboxylic acids is 2. The molecule has 5 aromatic carbocycles. The van der Waals surface area contributed by atoms with Gasteiger partial charge in [-0.15, -0.1) is 11.3 Å². The van der Waals surface area contributed by atoms with Crippen LogP contribution in [0.25, 0.3) is 47.3 Å². The Morgan fingerprint density at radius 2 is 1.30 bits per heavy atom. The largest absolute Gasteiger partial charge is 0.290 e. The zero-order valence-corrected chi connectivity index (χ0v) is 25.5. The molecule has 1 aliphatic rings. The van der Waals surface area contributed by atoms with Crippen molar-refractivity contribution in [2.24, 2.45) is 0 Å². The molecule has 0 saturated heterocycles. The monoisotopic (exact) mass is 580 g/mol. The van der Waals surface area contributed by atoms with Crippen LogP contribution in [0, 0.1) is 0 Å². The minimum Gasteiger partial charge on any atom is -0.290 e. The molecule has 4 heteroatoms. The molecule has 212 valence electrons. The van der Waals surface area contributed by atoms with Crippen molar-refractivity contribution in [3.05, 3.63) is 136 Å². The number of benzene rings is 5. The molecule has 0 unspecified atom stereocenters. The van der Waals surface area contributed by atoms with E-state index in [1.807, 2.05) is 60.7 Å². The summed E-state index contributed by atoms with van der Waals surface area (Å²) < 4.78 is 2.23. The van der Waals surface area contributed by atoms with Crippen LogP contribution in [0.2, 0.25) is 0 Å². The van der Waals surface area contributed by atoms with Gasteiger partial charge in [0.2, 0.25) is 0 Å². The second-order valence-electron chi connectivity index (χ2n) is 11.6.